The molecule has 1 unspecified atom stereocenters. The van der Waals surface area contributed by atoms with Crippen molar-refractivity contribution in [1.82, 2.24) is 0 Å². The number of hydrogen-bond donors (Lipinski definition) is 2. The zero-order valence-corrected chi connectivity index (χ0v) is 24.4. The van der Waals surface area contributed by atoms with Crippen LogP contribution in [-0.2, 0) is 31.4 Å². The van der Waals surface area contributed by atoms with Crippen LogP contribution in [0.1, 0.15) is 24.3 Å². The predicted octanol–water partition coefficient (Wildman–Crippen LogP) is 6.22. The summed E-state index contributed by atoms with van der Waals surface area (Å²) >= 11 is 7.90. The molecule has 2 N–H and O–H groups in total. The molecule has 39 heavy (non-hydrogen) atoms. The molecular formula is C26H24ClN2O6S4+. The Labute approximate surface area is 241 Å². The molecule has 0 saturated heterocycles. The average molecular weight is 624 g/mol. The zero-order chi connectivity index (χ0) is 27.6. The van der Waals surface area contributed by atoms with Gasteiger partial charge in [0.05, 0.1) is 10.7 Å². The fourth-order valence-corrected chi connectivity index (χ4v) is 8.21. The van der Waals surface area contributed by atoms with Gasteiger partial charge in [-0.15, -0.1) is 4.33 Å². The summed E-state index contributed by atoms with van der Waals surface area (Å²) in [6.07, 6.45) is 10.1. The van der Waals surface area contributed by atoms with Gasteiger partial charge in [0.15, 0.2) is 0 Å². The van der Waals surface area contributed by atoms with Gasteiger partial charge in [0.1, 0.15) is 10.6 Å². The summed E-state index contributed by atoms with van der Waals surface area (Å²) < 4.78 is 51.3. The second-order valence-corrected chi connectivity index (χ2v) is 13.7. The van der Waals surface area contributed by atoms with Crippen LogP contribution in [0, 0.1) is 0 Å². The van der Waals surface area contributed by atoms with E-state index in [1.807, 2.05) is 77.7 Å². The summed E-state index contributed by atoms with van der Waals surface area (Å²) in [5, 5.41) is 11.0. The van der Waals surface area contributed by atoms with E-state index in [4.69, 9.17) is 16.9 Å². The lowest BCUT2D eigenvalue weighted by Crippen LogP contribution is -2.38. The van der Waals surface area contributed by atoms with Crippen LogP contribution in [0.2, 0.25) is 0 Å². The quantitative estimate of drug-likeness (QED) is 0.132. The first-order valence-corrected chi connectivity index (χ1v) is 16.7. The highest BCUT2D eigenvalue weighted by Gasteiger charge is 2.27. The molecule has 1 aliphatic heterocycles. The first kappa shape index (κ1) is 28.2. The third kappa shape index (κ3) is 6.55. The molecule has 204 valence electrons. The predicted molar refractivity (Wildman–Crippen MR) is 157 cm³/mol. The fourth-order valence-electron chi connectivity index (χ4n) is 4.46. The number of fused-ring (bicyclic) bond motifs is 2. The summed E-state index contributed by atoms with van der Waals surface area (Å²) in [6.45, 7) is 0. The molecule has 2 aromatic carbocycles. The number of hydrogen-bond acceptors (Lipinski definition) is 8. The van der Waals surface area contributed by atoms with E-state index in [0.29, 0.717) is 10.0 Å². The van der Waals surface area contributed by atoms with Crippen LogP contribution in [0.4, 0.5) is 5.69 Å². The van der Waals surface area contributed by atoms with E-state index in [9.17, 15) is 17.2 Å². The van der Waals surface area contributed by atoms with Gasteiger partial charge >= 0.3 is 10.1 Å². The van der Waals surface area contributed by atoms with Gasteiger partial charge in [-0.1, -0.05) is 71.1 Å². The van der Waals surface area contributed by atoms with Gasteiger partial charge < -0.3 is 4.90 Å². The summed E-state index contributed by atoms with van der Waals surface area (Å²) in [4.78, 5) is 2.84. The van der Waals surface area contributed by atoms with E-state index < -0.39 is 27.1 Å². The molecule has 1 atom stereocenters. The molecule has 2 heterocycles. The highest BCUT2D eigenvalue weighted by Crippen LogP contribution is 2.46. The maximum absolute atomic E-state index is 11.9. The minimum Gasteiger partial charge on any atom is -0.320 e. The van der Waals surface area contributed by atoms with Crippen molar-refractivity contribution in [2.45, 2.75) is 30.0 Å². The van der Waals surface area contributed by atoms with Crippen LogP contribution in [-0.4, -0.2) is 28.3 Å². The molecule has 0 saturated carbocycles. The summed E-state index contributed by atoms with van der Waals surface area (Å²) in [6, 6.07) is 15.2. The maximum atomic E-state index is 11.9. The Bertz CT molecular complexity index is 1680. The standard InChI is InChI=1S/C26H23ClN2O6S4/c27-26-18(12-14-24-28(16-38(31)35-30)20-8-1-3-10-22(20)36-24)6-5-7-19(26)13-15-25-29(17-39(32,33)34)21-9-2-4-11-23(21)37-25/h1-4,8-15H,5-7,16-17H2,(H-,30,32,33,34)/p+1. The first-order chi connectivity index (χ1) is 18.7. The molecule has 0 fully saturated rings. The van der Waals surface area contributed by atoms with Crippen LogP contribution < -0.4 is 9.47 Å². The van der Waals surface area contributed by atoms with E-state index in [-0.39, 0.29) is 5.88 Å². The van der Waals surface area contributed by atoms with Crippen molar-refractivity contribution in [2.24, 2.45) is 0 Å². The molecule has 0 amide bonds. The third-order valence-corrected chi connectivity index (χ3v) is 10.2. The Morgan fingerprint density at radius 1 is 1.10 bits per heavy atom. The number of thioether (sulfide) groups is 1. The molecule has 1 aromatic heterocycles. The lowest BCUT2D eigenvalue weighted by Gasteiger charge is -2.19. The van der Waals surface area contributed by atoms with Gasteiger partial charge in [-0.2, -0.15) is 13.0 Å². The van der Waals surface area contributed by atoms with Crippen molar-refractivity contribution in [3.8, 4) is 0 Å². The first-order valence-electron chi connectivity index (χ1n) is 11.8. The highest BCUT2D eigenvalue weighted by molar-refractivity contribution is 8.03. The summed E-state index contributed by atoms with van der Waals surface area (Å²) in [5.41, 5.74) is 3.49. The number of nitrogens with zero attached hydrogens (tertiary/aromatic N) is 2. The Hall–Kier alpha value is -2.29. The number of allylic oxidation sites excluding steroid dienone is 6. The Morgan fingerprint density at radius 3 is 2.67 bits per heavy atom. The fraction of sp³-hybridized carbons (Fsp3) is 0.192. The number of para-hydroxylation sites is 2. The number of rotatable bonds is 8. The van der Waals surface area contributed by atoms with Gasteiger partial charge in [0.25, 0.3) is 10.9 Å². The molecule has 0 spiro atoms. The van der Waals surface area contributed by atoms with Gasteiger partial charge in [-0.25, -0.2) is 9.47 Å². The van der Waals surface area contributed by atoms with Gasteiger partial charge in [-0.05, 0) is 54.7 Å². The highest BCUT2D eigenvalue weighted by atomic mass is 35.5. The maximum Gasteiger partial charge on any atom is 0.326 e. The van der Waals surface area contributed by atoms with E-state index in [2.05, 4.69) is 4.33 Å². The van der Waals surface area contributed by atoms with Crippen LogP contribution in [0.15, 0.2) is 92.9 Å². The van der Waals surface area contributed by atoms with Gasteiger partial charge in [0.2, 0.25) is 16.6 Å². The van der Waals surface area contributed by atoms with Crippen LogP contribution >= 0.6 is 34.7 Å². The summed E-state index contributed by atoms with van der Waals surface area (Å²) in [7, 11) is -4.24. The monoisotopic (exact) mass is 623 g/mol. The van der Waals surface area contributed by atoms with E-state index in [1.54, 1.807) is 4.57 Å². The normalized spacial score (nSPS) is 19.1. The smallest absolute Gasteiger partial charge is 0.320 e. The topological polar surface area (TPSA) is 108 Å². The Kier molecular flexibility index (Phi) is 8.74. The lowest BCUT2D eigenvalue weighted by molar-refractivity contribution is -0.649. The molecule has 0 radical (unpaired) electrons. The second-order valence-electron chi connectivity index (χ2n) is 8.78. The minimum atomic E-state index is -4.24. The second kappa shape index (κ2) is 12.1. The molecule has 2 aliphatic rings. The molecular weight excluding hydrogens is 600 g/mol. The van der Waals surface area contributed by atoms with E-state index in [0.717, 1.165) is 56.2 Å². The molecule has 5 rings (SSSR count). The van der Waals surface area contributed by atoms with E-state index in [1.165, 1.54) is 23.1 Å². The largest absolute Gasteiger partial charge is 0.326 e. The van der Waals surface area contributed by atoms with Crippen LogP contribution in [0.5, 0.6) is 0 Å². The molecule has 1 aliphatic carbocycles. The number of thiazole rings is 1. The molecule has 8 nitrogen and oxygen atoms in total. The zero-order valence-electron chi connectivity index (χ0n) is 20.4. The van der Waals surface area contributed by atoms with Crippen molar-refractivity contribution in [1.29, 1.82) is 0 Å². The number of benzene rings is 2. The molecule has 13 heteroatoms. The Morgan fingerprint density at radius 2 is 1.87 bits per heavy atom. The lowest BCUT2D eigenvalue weighted by atomic mass is 9.94. The van der Waals surface area contributed by atoms with Gasteiger partial charge in [0, 0.05) is 22.1 Å². The average Bonchev–Trinajstić information content (AvgIpc) is 3.44. The third-order valence-electron chi connectivity index (χ3n) is 6.19. The summed E-state index contributed by atoms with van der Waals surface area (Å²) in [5.74, 6) is -0.559. The SMILES string of the molecule is O=S(CN1/C(=C\C=C2/CCCC(/C=C/c3sc4ccccc4[n+]3CS(=O)(=O)O)=C2Cl)Sc2ccccc21)OO. The minimum absolute atomic E-state index is 0.0220. The molecule has 0 bridgehead atoms. The van der Waals surface area contributed by atoms with Crippen molar-refractivity contribution in [3.63, 3.8) is 0 Å². The number of aromatic nitrogens is 1. The van der Waals surface area contributed by atoms with Crippen molar-refractivity contribution >= 4 is 77.9 Å². The van der Waals surface area contributed by atoms with Crippen molar-refractivity contribution in [3.05, 3.63) is 93.0 Å². The number of anilines is 1. The van der Waals surface area contributed by atoms with E-state index >= 15 is 0 Å². The van der Waals surface area contributed by atoms with Crippen LogP contribution in [0.25, 0.3) is 16.3 Å². The molecule has 3 aromatic rings. The Balaban J connectivity index is 1.44. The van der Waals surface area contributed by atoms with Crippen molar-refractivity contribution in [2.75, 3.05) is 10.8 Å². The number of halogens is 1. The van der Waals surface area contributed by atoms with Gasteiger partial charge in [-0.3, -0.25) is 4.55 Å². The van der Waals surface area contributed by atoms with Crippen LogP contribution in [0.3, 0.4) is 0 Å². The van der Waals surface area contributed by atoms with Crippen molar-refractivity contribution < 1.29 is 31.3 Å².